The van der Waals surface area contributed by atoms with E-state index < -0.39 is 10.2 Å². The summed E-state index contributed by atoms with van der Waals surface area (Å²) in [4.78, 5) is 0. The summed E-state index contributed by atoms with van der Waals surface area (Å²) in [5.74, 6) is 0.558. The normalized spacial score (nSPS) is 27.8. The first-order chi connectivity index (χ1) is 9.57. The van der Waals surface area contributed by atoms with E-state index in [0.29, 0.717) is 38.7 Å². The number of ether oxygens (including phenoxy) is 1. The van der Waals surface area contributed by atoms with E-state index >= 15 is 0 Å². The van der Waals surface area contributed by atoms with Gasteiger partial charge in [-0.2, -0.15) is 17.0 Å². The molecule has 0 aromatic heterocycles. The molecule has 2 aliphatic heterocycles. The van der Waals surface area contributed by atoms with Crippen LogP contribution in [0.5, 0.6) is 0 Å². The molecule has 0 saturated carbocycles. The van der Waals surface area contributed by atoms with Gasteiger partial charge in [0.1, 0.15) is 0 Å². The largest absolute Gasteiger partial charge is 0.396 e. The maximum Gasteiger partial charge on any atom is 0.281 e. The Morgan fingerprint density at radius 1 is 1.10 bits per heavy atom. The zero-order chi connectivity index (χ0) is 14.6. The van der Waals surface area contributed by atoms with E-state index in [1.807, 2.05) is 0 Å². The Morgan fingerprint density at radius 3 is 2.40 bits per heavy atom. The van der Waals surface area contributed by atoms with Gasteiger partial charge in [0.2, 0.25) is 0 Å². The van der Waals surface area contributed by atoms with Gasteiger partial charge in [-0.1, -0.05) is 0 Å². The second-order valence-electron chi connectivity index (χ2n) is 5.85. The van der Waals surface area contributed by atoms with Crippen molar-refractivity contribution in [1.29, 1.82) is 0 Å². The highest BCUT2D eigenvalue weighted by Gasteiger charge is 2.35. The van der Waals surface area contributed by atoms with Crippen LogP contribution in [0.1, 0.15) is 25.7 Å². The number of nitrogens with zero attached hydrogens (tertiary/aromatic N) is 2. The van der Waals surface area contributed by atoms with Gasteiger partial charge >= 0.3 is 0 Å². The van der Waals surface area contributed by atoms with Gasteiger partial charge < -0.3 is 9.84 Å². The van der Waals surface area contributed by atoms with Crippen LogP contribution in [0.15, 0.2) is 0 Å². The Labute approximate surface area is 121 Å². The van der Waals surface area contributed by atoms with Gasteiger partial charge in [-0.3, -0.25) is 0 Å². The molecule has 0 aliphatic carbocycles. The van der Waals surface area contributed by atoms with Crippen molar-refractivity contribution in [3.63, 3.8) is 0 Å². The summed E-state index contributed by atoms with van der Waals surface area (Å²) in [6.07, 6.45) is 3.45. The smallest absolute Gasteiger partial charge is 0.281 e. The van der Waals surface area contributed by atoms with Crippen molar-refractivity contribution in [2.75, 3.05) is 46.5 Å². The molecule has 1 unspecified atom stereocenters. The average molecular weight is 306 g/mol. The molecule has 20 heavy (non-hydrogen) atoms. The molecule has 2 saturated heterocycles. The standard InChI is InChI=1S/C13H26N2O4S/c1-19-11-13-3-2-6-15(9-13)20(17,18)14-7-4-12(10-16)5-8-14/h12-13,16H,2-11H2,1H3. The second-order valence-corrected chi connectivity index (χ2v) is 7.78. The molecular formula is C13H26N2O4S. The second kappa shape index (κ2) is 7.17. The minimum absolute atomic E-state index is 0.160. The van der Waals surface area contributed by atoms with Gasteiger partial charge in [0.15, 0.2) is 0 Å². The molecule has 118 valence electrons. The Bertz CT molecular complexity index is 391. The molecule has 0 aromatic carbocycles. The molecule has 2 rings (SSSR count). The molecule has 0 radical (unpaired) electrons. The van der Waals surface area contributed by atoms with Crippen molar-refractivity contribution in [2.24, 2.45) is 11.8 Å². The Balaban J connectivity index is 1.96. The van der Waals surface area contributed by atoms with Crippen LogP contribution in [0, 0.1) is 11.8 Å². The highest BCUT2D eigenvalue weighted by molar-refractivity contribution is 7.86. The fraction of sp³-hybridized carbons (Fsp3) is 1.00. The maximum absolute atomic E-state index is 12.6. The highest BCUT2D eigenvalue weighted by Crippen LogP contribution is 2.25. The van der Waals surface area contributed by atoms with E-state index in [-0.39, 0.29) is 12.5 Å². The monoisotopic (exact) mass is 306 g/mol. The van der Waals surface area contributed by atoms with E-state index in [1.165, 1.54) is 0 Å². The van der Waals surface area contributed by atoms with Crippen LogP contribution in [-0.2, 0) is 14.9 Å². The third kappa shape index (κ3) is 3.71. The van der Waals surface area contributed by atoms with E-state index in [2.05, 4.69) is 0 Å². The Kier molecular flexibility index (Phi) is 5.80. The van der Waals surface area contributed by atoms with Crippen LogP contribution in [0.4, 0.5) is 0 Å². The van der Waals surface area contributed by atoms with Crippen LogP contribution in [0.2, 0.25) is 0 Å². The minimum Gasteiger partial charge on any atom is -0.396 e. The van der Waals surface area contributed by atoms with E-state index in [9.17, 15) is 8.42 Å². The van der Waals surface area contributed by atoms with E-state index in [0.717, 1.165) is 25.7 Å². The van der Waals surface area contributed by atoms with Gasteiger partial charge in [-0.15, -0.1) is 0 Å². The number of hydrogen-bond acceptors (Lipinski definition) is 4. The zero-order valence-corrected chi connectivity index (χ0v) is 13.0. The lowest BCUT2D eigenvalue weighted by Crippen LogP contribution is -2.50. The van der Waals surface area contributed by atoms with Crippen LogP contribution >= 0.6 is 0 Å². The maximum atomic E-state index is 12.6. The fourth-order valence-electron chi connectivity index (χ4n) is 3.09. The molecule has 2 aliphatic rings. The van der Waals surface area contributed by atoms with Crippen LogP contribution in [-0.4, -0.2) is 68.6 Å². The van der Waals surface area contributed by atoms with Gasteiger partial charge in [0, 0.05) is 39.9 Å². The lowest BCUT2D eigenvalue weighted by molar-refractivity contribution is 0.114. The average Bonchev–Trinajstić information content (AvgIpc) is 2.48. The number of piperidine rings is 2. The van der Waals surface area contributed by atoms with Gasteiger partial charge in [0.05, 0.1) is 6.61 Å². The molecular weight excluding hydrogens is 280 g/mol. The van der Waals surface area contributed by atoms with Crippen molar-refractivity contribution in [1.82, 2.24) is 8.61 Å². The molecule has 0 aromatic rings. The quantitative estimate of drug-likeness (QED) is 0.793. The van der Waals surface area contributed by atoms with Crippen molar-refractivity contribution in [3.8, 4) is 0 Å². The third-order valence-electron chi connectivity index (χ3n) is 4.37. The van der Waals surface area contributed by atoms with Gasteiger partial charge in [0.25, 0.3) is 10.2 Å². The van der Waals surface area contributed by atoms with Crippen molar-refractivity contribution in [2.45, 2.75) is 25.7 Å². The van der Waals surface area contributed by atoms with Crippen LogP contribution in [0.3, 0.4) is 0 Å². The molecule has 2 fully saturated rings. The summed E-state index contributed by atoms with van der Waals surface area (Å²) in [5, 5.41) is 9.13. The summed E-state index contributed by atoms with van der Waals surface area (Å²) in [7, 11) is -1.68. The first kappa shape index (κ1) is 16.2. The SMILES string of the molecule is COCC1CCCN(S(=O)(=O)N2CCC(CO)CC2)C1. The van der Waals surface area contributed by atoms with Crippen LogP contribution in [0.25, 0.3) is 0 Å². The van der Waals surface area contributed by atoms with Gasteiger partial charge in [-0.25, -0.2) is 0 Å². The minimum atomic E-state index is -3.34. The molecule has 0 amide bonds. The number of methoxy groups -OCH3 is 1. The number of rotatable bonds is 5. The highest BCUT2D eigenvalue weighted by atomic mass is 32.2. The number of hydrogen-bond donors (Lipinski definition) is 1. The summed E-state index contributed by atoms with van der Waals surface area (Å²) in [5.41, 5.74) is 0. The molecule has 1 N–H and O–H groups in total. The van der Waals surface area contributed by atoms with Crippen molar-refractivity contribution < 1.29 is 18.3 Å². The molecule has 0 bridgehead atoms. The topological polar surface area (TPSA) is 70.1 Å². The first-order valence-electron chi connectivity index (χ1n) is 7.43. The molecule has 7 heteroatoms. The lowest BCUT2D eigenvalue weighted by atomic mass is 10.00. The number of aliphatic hydroxyl groups is 1. The van der Waals surface area contributed by atoms with E-state index in [4.69, 9.17) is 9.84 Å². The Hall–Kier alpha value is -0.210. The third-order valence-corrected chi connectivity index (χ3v) is 6.37. The number of aliphatic hydroxyl groups excluding tert-OH is 1. The first-order valence-corrected chi connectivity index (χ1v) is 8.82. The summed E-state index contributed by atoms with van der Waals surface area (Å²) < 4.78 is 33.6. The fourth-order valence-corrected chi connectivity index (χ4v) is 4.85. The summed E-state index contributed by atoms with van der Waals surface area (Å²) in [6.45, 7) is 3.02. The van der Waals surface area contributed by atoms with Gasteiger partial charge in [-0.05, 0) is 37.5 Å². The molecule has 6 nitrogen and oxygen atoms in total. The van der Waals surface area contributed by atoms with Crippen molar-refractivity contribution in [3.05, 3.63) is 0 Å². The Morgan fingerprint density at radius 2 is 1.80 bits per heavy atom. The zero-order valence-electron chi connectivity index (χ0n) is 12.2. The lowest BCUT2D eigenvalue weighted by Gasteiger charge is -2.37. The molecule has 1 atom stereocenters. The van der Waals surface area contributed by atoms with Crippen molar-refractivity contribution >= 4 is 10.2 Å². The molecule has 0 spiro atoms. The van der Waals surface area contributed by atoms with Crippen LogP contribution < -0.4 is 0 Å². The predicted molar refractivity (Wildman–Crippen MR) is 76.5 cm³/mol. The summed E-state index contributed by atoms with van der Waals surface area (Å²) >= 11 is 0. The molecule has 2 heterocycles. The summed E-state index contributed by atoms with van der Waals surface area (Å²) in [6, 6.07) is 0. The predicted octanol–water partition coefficient (Wildman–Crippen LogP) is 0.294. The van der Waals surface area contributed by atoms with E-state index in [1.54, 1.807) is 15.7 Å².